The van der Waals surface area contributed by atoms with Crippen molar-refractivity contribution in [3.05, 3.63) is 28.7 Å². The van der Waals surface area contributed by atoms with Gasteiger partial charge >= 0.3 is 0 Å². The fraction of sp³-hybridized carbons (Fsp3) is 0.524. The average molecular weight is 430 g/mol. The Hall–Kier alpha value is -2.02. The van der Waals surface area contributed by atoms with Gasteiger partial charge in [0.15, 0.2) is 0 Å². The Morgan fingerprint density at radius 2 is 2.00 bits per heavy atom. The Labute approximate surface area is 169 Å². The lowest BCUT2D eigenvalue weighted by molar-refractivity contribution is -0.131. The molecule has 2 fully saturated rings. The third kappa shape index (κ3) is 5.03. The number of hydrogen-bond donors (Lipinski definition) is 1. The molecule has 1 aromatic carbocycles. The van der Waals surface area contributed by atoms with E-state index in [2.05, 4.69) is 33.2 Å². The first kappa shape index (κ1) is 19.7. The molecule has 27 heavy (non-hydrogen) atoms. The van der Waals surface area contributed by atoms with Crippen molar-refractivity contribution in [1.29, 1.82) is 5.26 Å². The lowest BCUT2D eigenvalue weighted by Crippen LogP contribution is -2.47. The van der Waals surface area contributed by atoms with Crippen LogP contribution in [0.1, 0.15) is 38.5 Å². The van der Waals surface area contributed by atoms with Crippen molar-refractivity contribution in [3.63, 3.8) is 0 Å². The zero-order valence-electron chi connectivity index (χ0n) is 15.2. The van der Waals surface area contributed by atoms with Crippen LogP contribution >= 0.6 is 15.9 Å². The molecule has 1 aliphatic carbocycles. The SMILES string of the molecule is C#C[C@H]1CC[C@@H](C#N)N1C(=O)CN[C@H]1CC[C@H](Oc2cccc(Br)c2)CC1. The Balaban J connectivity index is 1.43. The molecule has 0 unspecified atom stereocenters. The summed E-state index contributed by atoms with van der Waals surface area (Å²) < 4.78 is 7.07. The normalized spacial score (nSPS) is 27.6. The van der Waals surface area contributed by atoms with E-state index < -0.39 is 6.04 Å². The summed E-state index contributed by atoms with van der Waals surface area (Å²) in [6, 6.07) is 9.74. The maximum atomic E-state index is 12.6. The maximum absolute atomic E-state index is 12.6. The lowest BCUT2D eigenvalue weighted by Gasteiger charge is -2.30. The van der Waals surface area contributed by atoms with Crippen LogP contribution < -0.4 is 10.1 Å². The van der Waals surface area contributed by atoms with Gasteiger partial charge in [-0.05, 0) is 56.7 Å². The summed E-state index contributed by atoms with van der Waals surface area (Å²) in [5, 5.41) is 12.6. The van der Waals surface area contributed by atoms with Gasteiger partial charge in [-0.1, -0.05) is 27.9 Å². The smallest absolute Gasteiger partial charge is 0.238 e. The number of amides is 1. The molecule has 0 radical (unpaired) electrons. The summed E-state index contributed by atoms with van der Waals surface area (Å²) in [4.78, 5) is 14.1. The predicted octanol–water partition coefficient (Wildman–Crippen LogP) is 3.25. The minimum atomic E-state index is -0.394. The van der Waals surface area contributed by atoms with E-state index in [9.17, 15) is 10.1 Å². The quantitative estimate of drug-likeness (QED) is 0.729. The van der Waals surface area contributed by atoms with E-state index >= 15 is 0 Å². The second-order valence-corrected chi connectivity index (χ2v) is 8.05. The summed E-state index contributed by atoms with van der Waals surface area (Å²) in [5.41, 5.74) is 0. The van der Waals surface area contributed by atoms with Gasteiger partial charge in [-0.15, -0.1) is 6.42 Å². The van der Waals surface area contributed by atoms with Crippen molar-refractivity contribution in [2.75, 3.05) is 6.54 Å². The van der Waals surface area contributed by atoms with Crippen LogP contribution in [0.4, 0.5) is 0 Å². The summed E-state index contributed by atoms with van der Waals surface area (Å²) in [5.74, 6) is 3.44. The third-order valence-corrected chi connectivity index (χ3v) is 5.82. The van der Waals surface area contributed by atoms with Crippen LogP contribution in [0.25, 0.3) is 0 Å². The number of rotatable bonds is 5. The molecule has 6 heteroatoms. The number of carbonyl (C=O) groups is 1. The Morgan fingerprint density at radius 3 is 2.67 bits per heavy atom. The number of nitriles is 1. The molecule has 0 spiro atoms. The molecule has 3 rings (SSSR count). The van der Waals surface area contributed by atoms with Crippen molar-refractivity contribution in [2.45, 2.75) is 62.8 Å². The van der Waals surface area contributed by atoms with E-state index in [-0.39, 0.29) is 24.6 Å². The molecule has 1 saturated carbocycles. The Kier molecular flexibility index (Phi) is 6.77. The highest BCUT2D eigenvalue weighted by atomic mass is 79.9. The standard InChI is InChI=1S/C21H24BrN3O2/c1-2-17-8-9-18(13-23)25(17)21(26)14-24-16-6-10-19(11-7-16)27-20-5-3-4-15(22)12-20/h1,3-5,12,16-19,24H,6-11,14H2/t16-,17-,18-,19-/m0/s1. The largest absolute Gasteiger partial charge is 0.490 e. The molecule has 1 saturated heterocycles. The minimum Gasteiger partial charge on any atom is -0.490 e. The zero-order chi connectivity index (χ0) is 19.2. The molecule has 0 aromatic heterocycles. The molecule has 1 N–H and O–H groups in total. The summed E-state index contributed by atoms with van der Waals surface area (Å²) >= 11 is 3.46. The molecule has 1 aliphatic heterocycles. The molecular weight excluding hydrogens is 406 g/mol. The highest BCUT2D eigenvalue weighted by Gasteiger charge is 2.36. The molecule has 2 atom stereocenters. The Bertz CT molecular complexity index is 725. The number of carbonyl (C=O) groups excluding carboxylic acids is 1. The number of terminal acetylenes is 1. The van der Waals surface area contributed by atoms with Crippen LogP contribution in [0.2, 0.25) is 0 Å². The Morgan fingerprint density at radius 1 is 1.26 bits per heavy atom. The van der Waals surface area contributed by atoms with Gasteiger partial charge in [-0.2, -0.15) is 5.26 Å². The monoisotopic (exact) mass is 429 g/mol. The number of nitrogens with one attached hydrogen (secondary N) is 1. The molecule has 142 valence electrons. The number of ether oxygens (including phenoxy) is 1. The van der Waals surface area contributed by atoms with Gasteiger partial charge in [0.05, 0.1) is 24.8 Å². The van der Waals surface area contributed by atoms with Gasteiger partial charge in [0.2, 0.25) is 5.91 Å². The van der Waals surface area contributed by atoms with Crippen LogP contribution in [-0.2, 0) is 4.79 Å². The van der Waals surface area contributed by atoms with E-state index in [0.717, 1.165) is 35.9 Å². The maximum Gasteiger partial charge on any atom is 0.238 e. The first-order chi connectivity index (χ1) is 13.1. The summed E-state index contributed by atoms with van der Waals surface area (Å²) in [6.07, 6.45) is 10.9. The lowest BCUT2D eigenvalue weighted by atomic mass is 9.93. The second kappa shape index (κ2) is 9.26. The minimum absolute atomic E-state index is 0.0745. The van der Waals surface area contributed by atoms with Crippen LogP contribution in [0, 0.1) is 23.7 Å². The van der Waals surface area contributed by atoms with Gasteiger partial charge in [-0.25, -0.2) is 0 Å². The second-order valence-electron chi connectivity index (χ2n) is 7.14. The van der Waals surface area contributed by atoms with Crippen molar-refractivity contribution in [3.8, 4) is 24.2 Å². The number of halogens is 1. The topological polar surface area (TPSA) is 65.4 Å². The number of likely N-dealkylation sites (tertiary alicyclic amines) is 1. The van der Waals surface area contributed by atoms with Gasteiger partial charge in [0.25, 0.3) is 0 Å². The third-order valence-electron chi connectivity index (χ3n) is 5.33. The molecule has 1 heterocycles. The first-order valence-electron chi connectivity index (χ1n) is 9.43. The van der Waals surface area contributed by atoms with Crippen molar-refractivity contribution >= 4 is 21.8 Å². The molecular formula is C21H24BrN3O2. The fourth-order valence-corrected chi connectivity index (χ4v) is 4.27. The van der Waals surface area contributed by atoms with Gasteiger partial charge < -0.3 is 15.0 Å². The molecule has 0 bridgehead atoms. The highest BCUT2D eigenvalue weighted by molar-refractivity contribution is 9.10. The van der Waals surface area contributed by atoms with Crippen LogP contribution in [0.5, 0.6) is 5.75 Å². The van der Waals surface area contributed by atoms with Crippen LogP contribution in [-0.4, -0.2) is 41.6 Å². The fourth-order valence-electron chi connectivity index (χ4n) is 3.89. The van der Waals surface area contributed by atoms with E-state index in [0.29, 0.717) is 18.9 Å². The summed E-state index contributed by atoms with van der Waals surface area (Å²) in [6.45, 7) is 0.234. The number of benzene rings is 1. The van der Waals surface area contributed by atoms with Crippen LogP contribution in [0.3, 0.4) is 0 Å². The van der Waals surface area contributed by atoms with E-state index in [1.807, 2.05) is 24.3 Å². The van der Waals surface area contributed by atoms with E-state index in [1.54, 1.807) is 4.90 Å². The zero-order valence-corrected chi connectivity index (χ0v) is 16.8. The van der Waals surface area contributed by atoms with Gasteiger partial charge in [0, 0.05) is 10.5 Å². The molecule has 1 aromatic rings. The molecule has 1 amide bonds. The van der Waals surface area contributed by atoms with E-state index in [1.165, 1.54) is 0 Å². The first-order valence-corrected chi connectivity index (χ1v) is 10.2. The summed E-state index contributed by atoms with van der Waals surface area (Å²) in [7, 11) is 0. The molecule has 5 nitrogen and oxygen atoms in total. The van der Waals surface area contributed by atoms with Crippen molar-refractivity contribution in [1.82, 2.24) is 10.2 Å². The van der Waals surface area contributed by atoms with Crippen molar-refractivity contribution in [2.24, 2.45) is 0 Å². The number of nitrogens with zero attached hydrogens (tertiary/aromatic N) is 2. The van der Waals surface area contributed by atoms with Gasteiger partial charge in [-0.3, -0.25) is 4.79 Å². The molecule has 2 aliphatic rings. The van der Waals surface area contributed by atoms with E-state index in [4.69, 9.17) is 11.2 Å². The van der Waals surface area contributed by atoms with Gasteiger partial charge in [0.1, 0.15) is 11.8 Å². The number of hydrogen-bond acceptors (Lipinski definition) is 4. The van der Waals surface area contributed by atoms with Crippen molar-refractivity contribution < 1.29 is 9.53 Å². The van der Waals surface area contributed by atoms with Crippen LogP contribution in [0.15, 0.2) is 28.7 Å². The highest BCUT2D eigenvalue weighted by Crippen LogP contribution is 2.26. The average Bonchev–Trinajstić information content (AvgIpc) is 3.10. The predicted molar refractivity (Wildman–Crippen MR) is 107 cm³/mol.